The van der Waals surface area contributed by atoms with E-state index in [1.165, 1.54) is 6.92 Å². The summed E-state index contributed by atoms with van der Waals surface area (Å²) < 4.78 is 10.1. The predicted molar refractivity (Wildman–Crippen MR) is 60.7 cm³/mol. The number of ether oxygens (including phenoxy) is 2. The predicted octanol–water partition coefficient (Wildman–Crippen LogP) is 1.89. The summed E-state index contributed by atoms with van der Waals surface area (Å²) in [4.78, 5) is 22.5. The second-order valence-corrected chi connectivity index (χ2v) is 3.91. The van der Waals surface area contributed by atoms with Crippen molar-refractivity contribution < 1.29 is 19.1 Å². The second kappa shape index (κ2) is 4.67. The Hall–Kier alpha value is -1.68. The number of epoxide rings is 1. The molecule has 0 aliphatic carbocycles. The summed E-state index contributed by atoms with van der Waals surface area (Å²) in [6.07, 6.45) is -0.715. The maximum Gasteiger partial charge on any atom is 0.338 e. The lowest BCUT2D eigenvalue weighted by Crippen LogP contribution is -2.11. The molecule has 0 spiro atoms. The molecule has 2 atom stereocenters. The zero-order chi connectivity index (χ0) is 12.4. The van der Waals surface area contributed by atoms with Crippen molar-refractivity contribution in [1.29, 1.82) is 0 Å². The molecule has 4 nitrogen and oxygen atoms in total. The highest BCUT2D eigenvalue weighted by Crippen LogP contribution is 2.39. The van der Waals surface area contributed by atoms with Crippen LogP contribution in [0.4, 0.5) is 0 Å². The number of Topliss-reactive ketones (excluding diaryl/α,β-unsaturated/α-hetero) is 1. The van der Waals surface area contributed by atoms with Crippen LogP contribution in [0.3, 0.4) is 0 Å². The van der Waals surface area contributed by atoms with Gasteiger partial charge in [0.2, 0.25) is 0 Å². The van der Waals surface area contributed by atoms with E-state index in [0.29, 0.717) is 12.2 Å². The Morgan fingerprint density at radius 2 is 1.94 bits per heavy atom. The van der Waals surface area contributed by atoms with Crippen LogP contribution in [-0.4, -0.2) is 24.5 Å². The van der Waals surface area contributed by atoms with Gasteiger partial charge >= 0.3 is 5.97 Å². The van der Waals surface area contributed by atoms with Gasteiger partial charge in [-0.25, -0.2) is 4.79 Å². The highest BCUT2D eigenvalue weighted by molar-refractivity contribution is 5.94. The summed E-state index contributed by atoms with van der Waals surface area (Å²) in [5.41, 5.74) is 1.55. The van der Waals surface area contributed by atoms with Crippen molar-refractivity contribution in [2.45, 2.75) is 26.1 Å². The fourth-order valence-corrected chi connectivity index (χ4v) is 1.68. The van der Waals surface area contributed by atoms with Crippen LogP contribution in [0.15, 0.2) is 24.3 Å². The molecular weight excluding hydrogens is 220 g/mol. The Balaban J connectivity index is 2.01. The average molecular weight is 234 g/mol. The van der Waals surface area contributed by atoms with E-state index in [0.717, 1.165) is 5.56 Å². The smallest absolute Gasteiger partial charge is 0.338 e. The molecule has 1 aliphatic rings. The zero-order valence-corrected chi connectivity index (χ0v) is 9.80. The van der Waals surface area contributed by atoms with Gasteiger partial charge in [0.15, 0.2) is 11.9 Å². The molecule has 1 aromatic rings. The van der Waals surface area contributed by atoms with Crippen LogP contribution >= 0.6 is 0 Å². The molecule has 1 aliphatic heterocycles. The van der Waals surface area contributed by atoms with Gasteiger partial charge in [0.25, 0.3) is 0 Å². The lowest BCUT2D eigenvalue weighted by Gasteiger charge is -1.99. The first-order valence-corrected chi connectivity index (χ1v) is 5.56. The quantitative estimate of drug-likeness (QED) is 0.453. The summed E-state index contributed by atoms with van der Waals surface area (Å²) in [6, 6.07) is 7.09. The maximum absolute atomic E-state index is 11.4. The van der Waals surface area contributed by atoms with Gasteiger partial charge in [-0.2, -0.15) is 0 Å². The topological polar surface area (TPSA) is 55.9 Å². The van der Waals surface area contributed by atoms with Gasteiger partial charge in [-0.3, -0.25) is 4.79 Å². The molecule has 0 aromatic heterocycles. The molecule has 0 amide bonds. The van der Waals surface area contributed by atoms with E-state index in [2.05, 4.69) is 0 Å². The van der Waals surface area contributed by atoms with Crippen molar-refractivity contribution in [2.75, 3.05) is 6.61 Å². The van der Waals surface area contributed by atoms with Crippen LogP contribution in [0.5, 0.6) is 0 Å². The summed E-state index contributed by atoms with van der Waals surface area (Å²) >= 11 is 0. The standard InChI is InChI=1S/C13H14O4/c1-3-16-13(15)12-11(17-12)10-6-4-9(5-7-10)8(2)14/h4-7,11-12H,3H2,1-2H3/t11-,12+/m0/s1. The number of hydrogen-bond acceptors (Lipinski definition) is 4. The minimum atomic E-state index is -0.488. The Kier molecular flexibility index (Phi) is 3.24. The number of carbonyl (C=O) groups excluding carboxylic acids is 2. The molecule has 4 heteroatoms. The number of esters is 1. The van der Waals surface area contributed by atoms with E-state index in [-0.39, 0.29) is 17.9 Å². The number of ketones is 1. The molecule has 1 aromatic carbocycles. The minimum absolute atomic E-state index is 0.0233. The van der Waals surface area contributed by atoms with Gasteiger partial charge in [-0.05, 0) is 19.4 Å². The van der Waals surface area contributed by atoms with Crippen LogP contribution in [-0.2, 0) is 14.3 Å². The third-order valence-corrected chi connectivity index (χ3v) is 2.66. The molecule has 0 unspecified atom stereocenters. The molecule has 1 fully saturated rings. The van der Waals surface area contributed by atoms with E-state index in [1.54, 1.807) is 31.2 Å². The van der Waals surface area contributed by atoms with Crippen molar-refractivity contribution >= 4 is 11.8 Å². The van der Waals surface area contributed by atoms with Crippen LogP contribution in [0, 0.1) is 0 Å². The van der Waals surface area contributed by atoms with E-state index < -0.39 is 6.10 Å². The molecule has 0 saturated carbocycles. The third kappa shape index (κ3) is 2.53. The first-order chi connectivity index (χ1) is 8.13. The Labute approximate surface area is 99.5 Å². The van der Waals surface area contributed by atoms with Crippen molar-refractivity contribution in [3.63, 3.8) is 0 Å². The minimum Gasteiger partial charge on any atom is -0.464 e. The number of rotatable bonds is 4. The SMILES string of the molecule is CCOC(=O)[C@@H]1O[C@H]1c1ccc(C(C)=O)cc1. The van der Waals surface area contributed by atoms with Crippen molar-refractivity contribution in [3.05, 3.63) is 35.4 Å². The molecule has 1 heterocycles. The molecular formula is C13H14O4. The Bertz CT molecular complexity index is 435. The summed E-state index contributed by atoms with van der Waals surface area (Å²) in [7, 11) is 0. The lowest BCUT2D eigenvalue weighted by molar-refractivity contribution is -0.144. The first kappa shape index (κ1) is 11.8. The second-order valence-electron chi connectivity index (χ2n) is 3.91. The van der Waals surface area contributed by atoms with Gasteiger partial charge in [-0.1, -0.05) is 24.3 Å². The van der Waals surface area contributed by atoms with E-state index >= 15 is 0 Å². The fourth-order valence-electron chi connectivity index (χ4n) is 1.68. The third-order valence-electron chi connectivity index (χ3n) is 2.66. The highest BCUT2D eigenvalue weighted by Gasteiger charge is 2.47. The summed E-state index contributed by atoms with van der Waals surface area (Å²) in [5.74, 6) is -0.302. The van der Waals surface area contributed by atoms with Crippen molar-refractivity contribution in [3.8, 4) is 0 Å². The van der Waals surface area contributed by atoms with Crippen LogP contribution in [0.25, 0.3) is 0 Å². The van der Waals surface area contributed by atoms with Gasteiger partial charge in [-0.15, -0.1) is 0 Å². The molecule has 0 N–H and O–H groups in total. The largest absolute Gasteiger partial charge is 0.464 e. The molecule has 0 radical (unpaired) electrons. The zero-order valence-electron chi connectivity index (χ0n) is 9.80. The van der Waals surface area contributed by atoms with Crippen LogP contribution < -0.4 is 0 Å². The van der Waals surface area contributed by atoms with Gasteiger partial charge in [0, 0.05) is 5.56 Å². The number of hydrogen-bond donors (Lipinski definition) is 0. The van der Waals surface area contributed by atoms with E-state index in [1.807, 2.05) is 0 Å². The van der Waals surface area contributed by atoms with Gasteiger partial charge < -0.3 is 9.47 Å². The molecule has 0 bridgehead atoms. The molecule has 90 valence electrons. The number of carbonyl (C=O) groups is 2. The maximum atomic E-state index is 11.4. The Morgan fingerprint density at radius 1 is 1.29 bits per heavy atom. The molecule has 17 heavy (non-hydrogen) atoms. The van der Waals surface area contributed by atoms with E-state index in [4.69, 9.17) is 9.47 Å². The highest BCUT2D eigenvalue weighted by atomic mass is 16.6. The van der Waals surface area contributed by atoms with Crippen molar-refractivity contribution in [1.82, 2.24) is 0 Å². The summed E-state index contributed by atoms with van der Waals surface area (Å²) in [5, 5.41) is 0. The monoisotopic (exact) mass is 234 g/mol. The van der Waals surface area contributed by atoms with Crippen LogP contribution in [0.1, 0.15) is 35.9 Å². The molecule has 1 saturated heterocycles. The Morgan fingerprint density at radius 3 is 2.47 bits per heavy atom. The lowest BCUT2D eigenvalue weighted by atomic mass is 10.1. The first-order valence-electron chi connectivity index (χ1n) is 5.56. The van der Waals surface area contributed by atoms with Crippen molar-refractivity contribution in [2.24, 2.45) is 0 Å². The van der Waals surface area contributed by atoms with Gasteiger partial charge in [0.05, 0.1) is 6.61 Å². The number of benzene rings is 1. The summed E-state index contributed by atoms with van der Waals surface area (Å²) in [6.45, 7) is 3.63. The fraction of sp³-hybridized carbons (Fsp3) is 0.385. The average Bonchev–Trinajstić information content (AvgIpc) is 3.09. The van der Waals surface area contributed by atoms with Crippen LogP contribution in [0.2, 0.25) is 0 Å². The van der Waals surface area contributed by atoms with Gasteiger partial charge in [0.1, 0.15) is 6.10 Å². The normalized spacial score (nSPS) is 22.0. The van der Waals surface area contributed by atoms with E-state index in [9.17, 15) is 9.59 Å². The molecule has 2 rings (SSSR count).